The van der Waals surface area contributed by atoms with Crippen LogP contribution in [0.1, 0.15) is 18.7 Å². The number of carboxylic acids is 1. The molecule has 4 heterocycles. The van der Waals surface area contributed by atoms with Crippen molar-refractivity contribution < 1.29 is 33.9 Å². The number of oxime groups is 1. The summed E-state index contributed by atoms with van der Waals surface area (Å²) in [5.74, 6) is -2.07. The molecule has 4 atom stereocenters. The van der Waals surface area contributed by atoms with Gasteiger partial charge in [-0.2, -0.15) is 9.36 Å². The van der Waals surface area contributed by atoms with Crippen molar-refractivity contribution in [3.8, 4) is 0 Å². The first-order chi connectivity index (χ1) is 16.2. The van der Waals surface area contributed by atoms with Gasteiger partial charge in [-0.25, -0.2) is 4.79 Å². The number of carbonyl (C=O) groups excluding carboxylic acids is 2. The Kier molecular flexibility index (Phi) is 6.80. The quantitative estimate of drug-likeness (QED) is 0.143. The number of rotatable bonds is 8. The Morgan fingerprint density at radius 3 is 2.82 bits per heavy atom. The van der Waals surface area contributed by atoms with Crippen molar-refractivity contribution in [2.45, 2.75) is 30.3 Å². The summed E-state index contributed by atoms with van der Waals surface area (Å²) < 4.78 is 4.49. The van der Waals surface area contributed by atoms with Gasteiger partial charge in [0.05, 0.1) is 20.2 Å². The first kappa shape index (κ1) is 24.4. The van der Waals surface area contributed by atoms with Crippen LogP contribution in [0, 0.1) is 0 Å². The number of aliphatic hydroxyl groups excluding tert-OH is 1. The summed E-state index contributed by atoms with van der Waals surface area (Å²) in [5, 5.41) is 25.5. The molecule has 0 spiro atoms. The number of thioether (sulfide) groups is 1. The molecule has 184 valence electrons. The fraction of sp³-hybridized carbons (Fsp3) is 0.579. The Bertz CT molecular complexity index is 1080. The molecule has 0 saturated carbocycles. The van der Waals surface area contributed by atoms with Gasteiger partial charge in [0.1, 0.15) is 36.8 Å². The monoisotopic (exact) mass is 512 g/mol. The van der Waals surface area contributed by atoms with Crippen molar-refractivity contribution in [2.75, 3.05) is 45.3 Å². The third-order valence-electron chi connectivity index (χ3n) is 6.44. The lowest BCUT2D eigenvalue weighted by atomic mass is 10.0. The maximum absolute atomic E-state index is 13.0. The van der Waals surface area contributed by atoms with Gasteiger partial charge in [0.2, 0.25) is 11.5 Å². The lowest BCUT2D eigenvalue weighted by Gasteiger charge is -2.50. The molecule has 0 bridgehead atoms. The van der Waals surface area contributed by atoms with Crippen molar-refractivity contribution >= 4 is 51.9 Å². The number of nitrogens with two attached hydrogens (primary N) is 1. The second-order valence-corrected chi connectivity index (χ2v) is 10.4. The molecule has 2 saturated heterocycles. The number of nitrogens with one attached hydrogen (secondary N) is 1. The van der Waals surface area contributed by atoms with Gasteiger partial charge < -0.3 is 30.6 Å². The highest BCUT2D eigenvalue weighted by molar-refractivity contribution is 8.00. The van der Waals surface area contributed by atoms with Crippen LogP contribution in [0.3, 0.4) is 0 Å². The van der Waals surface area contributed by atoms with Gasteiger partial charge in [0, 0.05) is 35.7 Å². The molecule has 2 amide bonds. The van der Waals surface area contributed by atoms with E-state index < -0.39 is 29.2 Å². The molecule has 0 aliphatic carbocycles. The van der Waals surface area contributed by atoms with E-state index in [-0.39, 0.29) is 35.0 Å². The zero-order chi connectivity index (χ0) is 24.6. The molecule has 0 aromatic carbocycles. The predicted molar refractivity (Wildman–Crippen MR) is 124 cm³/mol. The maximum Gasteiger partial charge on any atom is 0.352 e. The second-order valence-electron chi connectivity index (χ2n) is 8.54. The highest BCUT2D eigenvalue weighted by Gasteiger charge is 2.55. The minimum Gasteiger partial charge on any atom is -0.477 e. The second kappa shape index (κ2) is 9.48. The molecule has 2 fully saturated rings. The fourth-order valence-corrected chi connectivity index (χ4v) is 6.51. The number of β-lactam (4-membered cyclic amide) rings is 1. The number of aromatic nitrogens is 2. The minimum atomic E-state index is -1.19. The molecule has 1 aromatic heterocycles. The lowest BCUT2D eigenvalue weighted by Crippen LogP contribution is -2.71. The molecule has 0 radical (unpaired) electrons. The number of fused-ring (bicyclic) bond motifs is 1. The molecule has 15 heteroatoms. The Morgan fingerprint density at radius 1 is 1.44 bits per heavy atom. The summed E-state index contributed by atoms with van der Waals surface area (Å²) in [7, 11) is 3.26. The number of likely N-dealkylation sites (tertiary alicyclic amines) is 1. The van der Waals surface area contributed by atoms with Crippen LogP contribution >= 0.6 is 23.3 Å². The van der Waals surface area contributed by atoms with E-state index in [2.05, 4.69) is 19.8 Å². The number of quaternary nitrogens is 1. The lowest BCUT2D eigenvalue weighted by molar-refractivity contribution is -0.917. The molecule has 4 rings (SSSR count). The van der Waals surface area contributed by atoms with Crippen LogP contribution in [0.5, 0.6) is 0 Å². The van der Waals surface area contributed by atoms with Gasteiger partial charge in [0.15, 0.2) is 5.13 Å². The van der Waals surface area contributed by atoms with Crippen molar-refractivity contribution in [1.29, 1.82) is 0 Å². The number of amides is 2. The van der Waals surface area contributed by atoms with Crippen LogP contribution in [-0.2, 0) is 19.2 Å². The average molecular weight is 513 g/mol. The Hall–Kier alpha value is -2.75. The number of carboxylic acid groups (broad SMARTS) is 1. The highest BCUT2D eigenvalue weighted by Crippen LogP contribution is 2.41. The third-order valence-corrected chi connectivity index (χ3v) is 8.32. The number of anilines is 1. The highest BCUT2D eigenvalue weighted by atomic mass is 32.2. The normalized spacial score (nSPS) is 29.0. The number of nitrogen functional groups attached to an aromatic ring is 1. The SMILES string of the molecule is CO/N=C(\C(=O)N[C@@H]1C(=O)N2C(C(=O)O)=C(C[N@+]3(C)CCC[C@H]3CO)CS[C@H]12)c1nsc(N)n1. The third kappa shape index (κ3) is 4.23. The molecule has 0 unspecified atom stereocenters. The number of aliphatic hydroxyl groups is 1. The summed E-state index contributed by atoms with van der Waals surface area (Å²) in [5.41, 5.74) is 5.95. The molecule has 3 aliphatic heterocycles. The Labute approximate surface area is 203 Å². The van der Waals surface area contributed by atoms with Crippen molar-refractivity contribution in [1.82, 2.24) is 19.6 Å². The van der Waals surface area contributed by atoms with Crippen LogP contribution < -0.4 is 11.1 Å². The van der Waals surface area contributed by atoms with E-state index in [4.69, 9.17) is 10.6 Å². The van der Waals surface area contributed by atoms with Crippen LogP contribution in [-0.4, -0.2) is 110 Å². The number of carbonyl (C=O) groups is 3. The standard InChI is InChI=1S/C19H25N7O6S2/c1-26(5-3-4-10(26)7-27)6-9-8-33-17-12(16(29)25(17)13(9)18(30)31)21-15(28)11(23-32-2)14-22-19(20)34-24-14/h10,12,17,27H,3-8H2,1-2H3,(H3-,20,21,22,24,28,30,31)/p+1/b23-11-/t10-,12+,17+,26-/m0/s1. The number of nitrogens with zero attached hydrogens (tertiary/aromatic N) is 5. The van der Waals surface area contributed by atoms with E-state index in [0.717, 1.165) is 30.9 Å². The van der Waals surface area contributed by atoms with E-state index in [0.29, 0.717) is 22.4 Å². The van der Waals surface area contributed by atoms with Crippen LogP contribution in [0.25, 0.3) is 0 Å². The van der Waals surface area contributed by atoms with Crippen molar-refractivity contribution in [3.05, 3.63) is 17.1 Å². The predicted octanol–water partition coefficient (Wildman–Crippen LogP) is -1.19. The van der Waals surface area contributed by atoms with E-state index >= 15 is 0 Å². The Morgan fingerprint density at radius 2 is 2.21 bits per heavy atom. The molecule has 3 aliphatic rings. The summed E-state index contributed by atoms with van der Waals surface area (Å²) >= 11 is 2.27. The zero-order valence-corrected chi connectivity index (χ0v) is 20.3. The van der Waals surface area contributed by atoms with Crippen LogP contribution in [0.2, 0.25) is 0 Å². The number of hydrogen-bond donors (Lipinski definition) is 4. The van der Waals surface area contributed by atoms with E-state index in [1.54, 1.807) is 0 Å². The molecule has 1 aromatic rings. The summed E-state index contributed by atoms with van der Waals surface area (Å²) in [6.07, 6.45) is 1.83. The fourth-order valence-electron chi connectivity index (χ4n) is 4.74. The van der Waals surface area contributed by atoms with Crippen molar-refractivity contribution in [3.63, 3.8) is 0 Å². The largest absolute Gasteiger partial charge is 0.477 e. The summed E-state index contributed by atoms with van der Waals surface area (Å²) in [4.78, 5) is 47.8. The van der Waals surface area contributed by atoms with E-state index in [9.17, 15) is 24.6 Å². The molecular weight excluding hydrogens is 486 g/mol. The van der Waals surface area contributed by atoms with Gasteiger partial charge in [-0.3, -0.25) is 14.5 Å². The molecule has 34 heavy (non-hydrogen) atoms. The van der Waals surface area contributed by atoms with Gasteiger partial charge in [-0.15, -0.1) is 11.8 Å². The van der Waals surface area contributed by atoms with Crippen molar-refractivity contribution in [2.24, 2.45) is 5.16 Å². The van der Waals surface area contributed by atoms with E-state index in [1.165, 1.54) is 23.8 Å². The molecule has 13 nitrogen and oxygen atoms in total. The first-order valence-corrected chi connectivity index (χ1v) is 12.4. The van der Waals surface area contributed by atoms with Crippen LogP contribution in [0.4, 0.5) is 5.13 Å². The topological polar surface area (TPSA) is 180 Å². The maximum atomic E-state index is 13.0. The van der Waals surface area contributed by atoms with Gasteiger partial charge in [-0.1, -0.05) is 5.16 Å². The van der Waals surface area contributed by atoms with E-state index in [1.807, 2.05) is 7.05 Å². The number of likely N-dealkylation sites (N-methyl/N-ethyl adjacent to an activating group) is 1. The van der Waals surface area contributed by atoms with Gasteiger partial charge in [0.25, 0.3) is 11.8 Å². The average Bonchev–Trinajstić information content (AvgIpc) is 3.39. The summed E-state index contributed by atoms with van der Waals surface area (Å²) in [6.45, 7) is 1.30. The molecular formula is C19H26N7O6S2+. The van der Waals surface area contributed by atoms with Gasteiger partial charge >= 0.3 is 5.97 Å². The van der Waals surface area contributed by atoms with Gasteiger partial charge in [-0.05, 0) is 0 Å². The van der Waals surface area contributed by atoms with Crippen LogP contribution in [0.15, 0.2) is 16.4 Å². The first-order valence-electron chi connectivity index (χ1n) is 10.6. The molecule has 5 N–H and O–H groups in total. The number of hydrogen-bond acceptors (Lipinski definition) is 11. The minimum absolute atomic E-state index is 0.0313. The number of aliphatic carboxylic acids is 1. The zero-order valence-electron chi connectivity index (χ0n) is 18.6. The Balaban J connectivity index is 1.53. The smallest absolute Gasteiger partial charge is 0.352 e. The summed E-state index contributed by atoms with van der Waals surface area (Å²) in [6, 6.07) is -0.899.